The van der Waals surface area contributed by atoms with Crippen LogP contribution in [0.5, 0.6) is 0 Å². The number of hydrogen-bond acceptors (Lipinski definition) is 3. The molecule has 4 N–H and O–H groups in total. The van der Waals surface area contributed by atoms with Gasteiger partial charge in [-0.1, -0.05) is 22.8 Å². The number of anilines is 1. The summed E-state index contributed by atoms with van der Waals surface area (Å²) in [5.74, 6) is -1.21. The Morgan fingerprint density at radius 1 is 1.62 bits per heavy atom. The number of oxime groups is 1. The minimum Gasteiger partial charge on any atom is -0.409 e. The number of nitrogens with two attached hydrogens (primary N) is 1. The van der Waals surface area contributed by atoms with Crippen molar-refractivity contribution in [3.63, 3.8) is 0 Å². The van der Waals surface area contributed by atoms with Crippen LogP contribution in [0.25, 0.3) is 0 Å². The highest BCUT2D eigenvalue weighted by atomic mass is 35.5. The zero-order chi connectivity index (χ0) is 12.1. The molecule has 0 aliphatic carbocycles. The van der Waals surface area contributed by atoms with Crippen molar-refractivity contribution >= 4 is 29.0 Å². The van der Waals surface area contributed by atoms with Crippen molar-refractivity contribution in [2.45, 2.75) is 6.92 Å². The number of carbonyl (C=O) groups excluding carboxylic acids is 1. The first-order valence-corrected chi connectivity index (χ1v) is 4.96. The molecule has 0 saturated heterocycles. The number of carbonyl (C=O) groups is 1. The summed E-state index contributed by atoms with van der Waals surface area (Å²) in [5.41, 5.74) is 5.88. The molecule has 0 radical (unpaired) electrons. The molecule has 0 bridgehead atoms. The van der Waals surface area contributed by atoms with Crippen LogP contribution in [0.1, 0.15) is 6.92 Å². The Balaban J connectivity index is 2.72. The number of amidine groups is 1. The van der Waals surface area contributed by atoms with Gasteiger partial charge in [0.05, 0.1) is 5.92 Å². The quantitative estimate of drug-likeness (QED) is 0.326. The number of benzene rings is 1. The minimum absolute atomic E-state index is 0.139. The monoisotopic (exact) mass is 241 g/mol. The average Bonchev–Trinajstić information content (AvgIpc) is 2.27. The van der Waals surface area contributed by atoms with E-state index in [1.165, 1.54) is 6.92 Å². The largest absolute Gasteiger partial charge is 0.409 e. The number of hydrogen-bond donors (Lipinski definition) is 3. The molecule has 86 valence electrons. The molecule has 5 nitrogen and oxygen atoms in total. The SMILES string of the molecule is CC(C(=O)Nc1cccc(Cl)c1)C(N)=NO. The second-order valence-corrected chi connectivity index (χ2v) is 3.68. The average molecular weight is 242 g/mol. The Bertz CT molecular complexity index is 420. The lowest BCUT2D eigenvalue weighted by Gasteiger charge is -2.10. The molecule has 16 heavy (non-hydrogen) atoms. The molecule has 1 unspecified atom stereocenters. The Morgan fingerprint density at radius 2 is 2.31 bits per heavy atom. The molecule has 0 fully saturated rings. The molecule has 0 spiro atoms. The van der Waals surface area contributed by atoms with E-state index in [-0.39, 0.29) is 11.7 Å². The lowest BCUT2D eigenvalue weighted by Crippen LogP contribution is -2.32. The van der Waals surface area contributed by atoms with E-state index in [1.807, 2.05) is 0 Å². The third kappa shape index (κ3) is 3.13. The van der Waals surface area contributed by atoms with Crippen LogP contribution in [0.4, 0.5) is 5.69 Å². The highest BCUT2D eigenvalue weighted by Gasteiger charge is 2.17. The number of halogens is 1. The number of rotatable bonds is 3. The summed E-state index contributed by atoms with van der Waals surface area (Å²) >= 11 is 5.76. The van der Waals surface area contributed by atoms with Crippen molar-refractivity contribution in [1.82, 2.24) is 0 Å². The van der Waals surface area contributed by atoms with Crippen molar-refractivity contribution < 1.29 is 10.0 Å². The molecule has 0 aliphatic rings. The second kappa shape index (κ2) is 5.37. The smallest absolute Gasteiger partial charge is 0.234 e. The Kier molecular flexibility index (Phi) is 4.13. The van der Waals surface area contributed by atoms with E-state index in [1.54, 1.807) is 24.3 Å². The summed E-state index contributed by atoms with van der Waals surface area (Å²) in [5, 5.41) is 14.3. The number of amides is 1. The van der Waals surface area contributed by atoms with Crippen LogP contribution in [-0.4, -0.2) is 17.0 Å². The van der Waals surface area contributed by atoms with Crippen molar-refractivity contribution in [1.29, 1.82) is 0 Å². The Hall–Kier alpha value is -1.75. The fourth-order valence-electron chi connectivity index (χ4n) is 1.04. The molecule has 0 saturated carbocycles. The summed E-state index contributed by atoms with van der Waals surface area (Å²) < 4.78 is 0. The van der Waals surface area contributed by atoms with Crippen LogP contribution in [0, 0.1) is 5.92 Å². The van der Waals surface area contributed by atoms with Gasteiger partial charge in [-0.2, -0.15) is 0 Å². The zero-order valence-electron chi connectivity index (χ0n) is 8.64. The number of nitrogens with one attached hydrogen (secondary N) is 1. The van der Waals surface area contributed by atoms with Crippen LogP contribution in [0.15, 0.2) is 29.4 Å². The van der Waals surface area contributed by atoms with Gasteiger partial charge in [0.2, 0.25) is 5.91 Å². The fourth-order valence-corrected chi connectivity index (χ4v) is 1.23. The van der Waals surface area contributed by atoms with Crippen molar-refractivity contribution in [3.05, 3.63) is 29.3 Å². The third-order valence-corrected chi connectivity index (χ3v) is 2.28. The molecule has 1 amide bonds. The second-order valence-electron chi connectivity index (χ2n) is 3.25. The predicted molar refractivity (Wildman–Crippen MR) is 62.7 cm³/mol. The van der Waals surface area contributed by atoms with E-state index in [0.29, 0.717) is 10.7 Å². The van der Waals surface area contributed by atoms with Gasteiger partial charge < -0.3 is 16.3 Å². The van der Waals surface area contributed by atoms with Crippen LogP contribution in [-0.2, 0) is 4.79 Å². The molecule has 0 heterocycles. The van der Waals surface area contributed by atoms with Crippen LogP contribution >= 0.6 is 11.6 Å². The molecule has 1 aromatic rings. The van der Waals surface area contributed by atoms with Gasteiger partial charge >= 0.3 is 0 Å². The van der Waals surface area contributed by atoms with Gasteiger partial charge in [-0.25, -0.2) is 0 Å². The summed E-state index contributed by atoms with van der Waals surface area (Å²) in [6, 6.07) is 6.72. The predicted octanol–water partition coefficient (Wildman–Crippen LogP) is 1.66. The summed E-state index contributed by atoms with van der Waals surface area (Å²) in [6.07, 6.45) is 0. The fraction of sp³-hybridized carbons (Fsp3) is 0.200. The first-order valence-electron chi connectivity index (χ1n) is 4.58. The lowest BCUT2D eigenvalue weighted by atomic mass is 10.1. The van der Waals surface area contributed by atoms with Crippen molar-refractivity contribution in [2.24, 2.45) is 16.8 Å². The molecular weight excluding hydrogens is 230 g/mol. The van der Waals surface area contributed by atoms with Gasteiger partial charge in [-0.15, -0.1) is 0 Å². The maximum atomic E-state index is 11.6. The van der Waals surface area contributed by atoms with E-state index in [4.69, 9.17) is 22.5 Å². The Morgan fingerprint density at radius 3 is 2.88 bits per heavy atom. The molecule has 0 aliphatic heterocycles. The number of nitrogens with zero attached hydrogens (tertiary/aromatic N) is 1. The molecule has 6 heteroatoms. The van der Waals surface area contributed by atoms with E-state index in [0.717, 1.165) is 0 Å². The summed E-state index contributed by atoms with van der Waals surface area (Å²) in [4.78, 5) is 11.6. The van der Waals surface area contributed by atoms with Gasteiger partial charge in [0.25, 0.3) is 0 Å². The standard InChI is InChI=1S/C10H12ClN3O2/c1-6(9(12)14-16)10(15)13-8-4-2-3-7(11)5-8/h2-6,16H,1H3,(H2,12,14)(H,13,15). The molecule has 1 rings (SSSR count). The van der Waals surface area contributed by atoms with Gasteiger partial charge in [0, 0.05) is 10.7 Å². The maximum absolute atomic E-state index is 11.6. The molecule has 1 aromatic carbocycles. The highest BCUT2D eigenvalue weighted by molar-refractivity contribution is 6.30. The molecule has 1 atom stereocenters. The van der Waals surface area contributed by atoms with E-state index in [9.17, 15) is 4.79 Å². The van der Waals surface area contributed by atoms with Gasteiger partial charge in [-0.05, 0) is 25.1 Å². The van der Waals surface area contributed by atoms with E-state index < -0.39 is 5.92 Å². The van der Waals surface area contributed by atoms with E-state index >= 15 is 0 Å². The topological polar surface area (TPSA) is 87.7 Å². The molecular formula is C10H12ClN3O2. The normalized spacial score (nSPS) is 13.2. The first-order chi connectivity index (χ1) is 7.54. The summed E-state index contributed by atoms with van der Waals surface area (Å²) in [7, 11) is 0. The van der Waals surface area contributed by atoms with Gasteiger partial charge in [0.15, 0.2) is 5.84 Å². The molecule has 0 aromatic heterocycles. The lowest BCUT2D eigenvalue weighted by molar-refractivity contribution is -0.117. The van der Waals surface area contributed by atoms with Gasteiger partial charge in [0.1, 0.15) is 0 Å². The summed E-state index contributed by atoms with van der Waals surface area (Å²) in [6.45, 7) is 1.54. The minimum atomic E-state index is -0.705. The van der Waals surface area contributed by atoms with Gasteiger partial charge in [-0.3, -0.25) is 4.79 Å². The van der Waals surface area contributed by atoms with Crippen LogP contribution < -0.4 is 11.1 Å². The van der Waals surface area contributed by atoms with Crippen molar-refractivity contribution in [3.8, 4) is 0 Å². The Labute approximate surface area is 97.9 Å². The van der Waals surface area contributed by atoms with Crippen molar-refractivity contribution in [2.75, 3.05) is 5.32 Å². The van der Waals surface area contributed by atoms with E-state index in [2.05, 4.69) is 10.5 Å². The third-order valence-electron chi connectivity index (χ3n) is 2.04. The van der Waals surface area contributed by atoms with Crippen LogP contribution in [0.3, 0.4) is 0 Å². The maximum Gasteiger partial charge on any atom is 0.234 e. The highest BCUT2D eigenvalue weighted by Crippen LogP contribution is 2.15. The first kappa shape index (κ1) is 12.3. The zero-order valence-corrected chi connectivity index (χ0v) is 9.40. The van der Waals surface area contributed by atoms with Crippen LogP contribution in [0.2, 0.25) is 5.02 Å².